The zero-order chi connectivity index (χ0) is 15.5. The van der Waals surface area contributed by atoms with Crippen LogP contribution in [0.1, 0.15) is 18.4 Å². The minimum absolute atomic E-state index is 0.154. The third kappa shape index (κ3) is 3.30. The molecule has 2 aliphatic rings. The molecule has 1 aromatic rings. The van der Waals surface area contributed by atoms with E-state index in [1.807, 2.05) is 39.9 Å². The molecule has 0 bridgehead atoms. The predicted octanol–water partition coefficient (Wildman–Crippen LogP) is 0.952. The molecule has 0 spiro atoms. The molecular formula is C17H23N3O2. The van der Waals surface area contributed by atoms with Crippen molar-refractivity contribution in [3.63, 3.8) is 0 Å². The summed E-state index contributed by atoms with van der Waals surface area (Å²) >= 11 is 0. The van der Waals surface area contributed by atoms with Crippen molar-refractivity contribution in [1.29, 1.82) is 0 Å². The van der Waals surface area contributed by atoms with E-state index in [0.717, 1.165) is 19.5 Å². The van der Waals surface area contributed by atoms with Gasteiger partial charge in [0.2, 0.25) is 11.8 Å². The molecule has 0 saturated carbocycles. The van der Waals surface area contributed by atoms with E-state index in [1.165, 1.54) is 5.56 Å². The van der Waals surface area contributed by atoms with Gasteiger partial charge in [-0.25, -0.2) is 0 Å². The zero-order valence-corrected chi connectivity index (χ0v) is 13.1. The van der Waals surface area contributed by atoms with Crippen LogP contribution in [0.5, 0.6) is 0 Å². The van der Waals surface area contributed by atoms with Gasteiger partial charge in [-0.05, 0) is 19.0 Å². The Kier molecular flexibility index (Phi) is 4.43. The highest BCUT2D eigenvalue weighted by molar-refractivity contribution is 5.81. The Morgan fingerprint density at radius 2 is 2.00 bits per heavy atom. The molecule has 0 aromatic heterocycles. The number of benzene rings is 1. The van der Waals surface area contributed by atoms with E-state index >= 15 is 0 Å². The highest BCUT2D eigenvalue weighted by Crippen LogP contribution is 2.21. The highest BCUT2D eigenvalue weighted by Gasteiger charge is 2.38. The fraction of sp³-hybridized carbons (Fsp3) is 0.529. The standard InChI is InChI=1S/C17H23N3O2/c1-18(10-14-6-3-2-4-7-14)13-17(22)19-11-15(12-19)20-9-5-8-16(20)21/h2-4,6-7,15H,5,8-13H2,1H3. The van der Waals surface area contributed by atoms with Crippen molar-refractivity contribution >= 4 is 11.8 Å². The molecule has 2 heterocycles. The lowest BCUT2D eigenvalue weighted by atomic mass is 10.1. The van der Waals surface area contributed by atoms with Crippen molar-refractivity contribution in [2.75, 3.05) is 33.2 Å². The minimum atomic E-state index is 0.154. The Hall–Kier alpha value is -1.88. The molecule has 22 heavy (non-hydrogen) atoms. The van der Waals surface area contributed by atoms with Gasteiger partial charge in [-0.2, -0.15) is 0 Å². The summed E-state index contributed by atoms with van der Waals surface area (Å²) < 4.78 is 0. The third-order valence-corrected chi connectivity index (χ3v) is 4.47. The van der Waals surface area contributed by atoms with Crippen molar-refractivity contribution in [1.82, 2.24) is 14.7 Å². The van der Waals surface area contributed by atoms with Crippen LogP contribution in [0.2, 0.25) is 0 Å². The number of hydrogen-bond donors (Lipinski definition) is 0. The first-order chi connectivity index (χ1) is 10.6. The number of hydrogen-bond acceptors (Lipinski definition) is 3. The van der Waals surface area contributed by atoms with E-state index in [0.29, 0.717) is 26.1 Å². The second-order valence-electron chi connectivity index (χ2n) is 6.30. The average molecular weight is 301 g/mol. The van der Waals surface area contributed by atoms with E-state index in [4.69, 9.17) is 0 Å². The van der Waals surface area contributed by atoms with Gasteiger partial charge in [-0.1, -0.05) is 30.3 Å². The van der Waals surface area contributed by atoms with Crippen LogP contribution in [0.4, 0.5) is 0 Å². The lowest BCUT2D eigenvalue weighted by Crippen LogP contribution is -2.62. The van der Waals surface area contributed by atoms with E-state index < -0.39 is 0 Å². The van der Waals surface area contributed by atoms with E-state index in [9.17, 15) is 9.59 Å². The smallest absolute Gasteiger partial charge is 0.236 e. The number of nitrogens with zero attached hydrogens (tertiary/aromatic N) is 3. The summed E-state index contributed by atoms with van der Waals surface area (Å²) in [6.07, 6.45) is 1.63. The van der Waals surface area contributed by atoms with Crippen LogP contribution < -0.4 is 0 Å². The molecule has 2 aliphatic heterocycles. The van der Waals surface area contributed by atoms with Gasteiger partial charge in [-0.15, -0.1) is 0 Å². The van der Waals surface area contributed by atoms with Gasteiger partial charge in [0.1, 0.15) is 0 Å². The van der Waals surface area contributed by atoms with Crippen molar-refractivity contribution in [2.24, 2.45) is 0 Å². The summed E-state index contributed by atoms with van der Waals surface area (Å²) in [7, 11) is 1.96. The first-order valence-corrected chi connectivity index (χ1v) is 7.93. The summed E-state index contributed by atoms with van der Waals surface area (Å²) in [5.41, 5.74) is 1.21. The molecule has 0 N–H and O–H groups in total. The van der Waals surface area contributed by atoms with Gasteiger partial charge in [0.05, 0.1) is 12.6 Å². The summed E-state index contributed by atoms with van der Waals surface area (Å²) in [4.78, 5) is 29.8. The van der Waals surface area contributed by atoms with Crippen molar-refractivity contribution in [2.45, 2.75) is 25.4 Å². The molecule has 0 aliphatic carbocycles. The first-order valence-electron chi connectivity index (χ1n) is 7.93. The molecule has 2 saturated heterocycles. The number of likely N-dealkylation sites (tertiary alicyclic amines) is 2. The summed E-state index contributed by atoms with van der Waals surface area (Å²) in [6.45, 7) is 3.46. The molecule has 3 rings (SSSR count). The first kappa shape index (κ1) is 15.0. The van der Waals surface area contributed by atoms with E-state index in [2.05, 4.69) is 12.1 Å². The zero-order valence-electron chi connectivity index (χ0n) is 13.1. The van der Waals surface area contributed by atoms with Crippen LogP contribution in [0.15, 0.2) is 30.3 Å². The number of likely N-dealkylation sites (N-methyl/N-ethyl adjacent to an activating group) is 1. The maximum Gasteiger partial charge on any atom is 0.236 e. The van der Waals surface area contributed by atoms with Crippen LogP contribution in [0.25, 0.3) is 0 Å². The van der Waals surface area contributed by atoms with Gasteiger partial charge in [0.15, 0.2) is 0 Å². The Balaban J connectivity index is 1.42. The van der Waals surface area contributed by atoms with Gasteiger partial charge in [0.25, 0.3) is 0 Å². The predicted molar refractivity (Wildman–Crippen MR) is 84.1 cm³/mol. The Bertz CT molecular complexity index is 540. The third-order valence-electron chi connectivity index (χ3n) is 4.47. The molecule has 2 fully saturated rings. The van der Waals surface area contributed by atoms with Crippen molar-refractivity contribution in [3.8, 4) is 0 Å². The lowest BCUT2D eigenvalue weighted by molar-refractivity contribution is -0.144. The fourth-order valence-corrected chi connectivity index (χ4v) is 3.19. The summed E-state index contributed by atoms with van der Waals surface area (Å²) in [6, 6.07) is 10.4. The summed E-state index contributed by atoms with van der Waals surface area (Å²) in [5.74, 6) is 0.402. The Morgan fingerprint density at radius 3 is 2.64 bits per heavy atom. The number of carbonyl (C=O) groups excluding carboxylic acids is 2. The van der Waals surface area contributed by atoms with Crippen molar-refractivity contribution < 1.29 is 9.59 Å². The number of rotatable bonds is 5. The molecule has 0 unspecified atom stereocenters. The van der Waals surface area contributed by atoms with Crippen LogP contribution in [-0.2, 0) is 16.1 Å². The number of amides is 2. The van der Waals surface area contributed by atoms with Crippen LogP contribution in [0, 0.1) is 0 Å². The molecule has 0 radical (unpaired) electrons. The van der Waals surface area contributed by atoms with Gasteiger partial charge >= 0.3 is 0 Å². The van der Waals surface area contributed by atoms with E-state index in [-0.39, 0.29) is 17.9 Å². The van der Waals surface area contributed by atoms with Crippen LogP contribution >= 0.6 is 0 Å². The second-order valence-corrected chi connectivity index (χ2v) is 6.30. The Labute approximate surface area is 131 Å². The largest absolute Gasteiger partial charge is 0.337 e. The van der Waals surface area contributed by atoms with Gasteiger partial charge in [0, 0.05) is 32.6 Å². The van der Waals surface area contributed by atoms with Gasteiger partial charge in [-0.3, -0.25) is 14.5 Å². The topological polar surface area (TPSA) is 43.9 Å². The van der Waals surface area contributed by atoms with E-state index in [1.54, 1.807) is 0 Å². The molecule has 0 atom stereocenters. The highest BCUT2D eigenvalue weighted by atomic mass is 16.2. The van der Waals surface area contributed by atoms with Crippen molar-refractivity contribution in [3.05, 3.63) is 35.9 Å². The molecule has 5 nitrogen and oxygen atoms in total. The Morgan fingerprint density at radius 1 is 1.27 bits per heavy atom. The normalized spacial score (nSPS) is 18.9. The fourth-order valence-electron chi connectivity index (χ4n) is 3.19. The lowest BCUT2D eigenvalue weighted by Gasteiger charge is -2.44. The molecular weight excluding hydrogens is 278 g/mol. The number of carbonyl (C=O) groups is 2. The minimum Gasteiger partial charge on any atom is -0.337 e. The maximum absolute atomic E-state index is 12.2. The van der Waals surface area contributed by atoms with Gasteiger partial charge < -0.3 is 9.80 Å². The second kappa shape index (κ2) is 6.48. The summed E-state index contributed by atoms with van der Waals surface area (Å²) in [5, 5.41) is 0. The SMILES string of the molecule is CN(CC(=O)N1CC(N2CCCC2=O)C1)Cc1ccccc1. The average Bonchev–Trinajstić information content (AvgIpc) is 2.84. The maximum atomic E-state index is 12.2. The van der Waals surface area contributed by atoms with Crippen LogP contribution in [0.3, 0.4) is 0 Å². The molecule has 1 aromatic carbocycles. The molecule has 2 amide bonds. The molecule has 5 heteroatoms. The molecule has 118 valence electrons. The van der Waals surface area contributed by atoms with Crippen LogP contribution in [-0.4, -0.2) is 65.8 Å². The monoisotopic (exact) mass is 301 g/mol. The quantitative estimate of drug-likeness (QED) is 0.813.